The van der Waals surface area contributed by atoms with Crippen LogP contribution in [0.3, 0.4) is 0 Å². The van der Waals surface area contributed by atoms with Crippen LogP contribution in [0.15, 0.2) is 16.0 Å². The van der Waals surface area contributed by atoms with Crippen molar-refractivity contribution in [2.24, 2.45) is 0 Å². The van der Waals surface area contributed by atoms with E-state index < -0.39 is 11.9 Å². The Labute approximate surface area is 105 Å². The van der Waals surface area contributed by atoms with Gasteiger partial charge in [-0.15, -0.1) is 11.3 Å². The number of thiazole rings is 1. The van der Waals surface area contributed by atoms with Crippen molar-refractivity contribution in [2.75, 3.05) is 0 Å². The van der Waals surface area contributed by atoms with E-state index in [4.69, 9.17) is 9.63 Å². The van der Waals surface area contributed by atoms with Gasteiger partial charge in [-0.3, -0.25) is 4.79 Å². The Morgan fingerprint density at radius 1 is 1.56 bits per heavy atom. The smallest absolute Gasteiger partial charge is 0.355 e. The van der Waals surface area contributed by atoms with E-state index >= 15 is 0 Å². The van der Waals surface area contributed by atoms with E-state index in [-0.39, 0.29) is 17.2 Å². The number of amides is 1. The predicted octanol–water partition coefficient (Wildman–Crippen LogP) is 1.07. The van der Waals surface area contributed by atoms with Gasteiger partial charge in [0.25, 0.3) is 5.91 Å². The number of carbonyl (C=O) groups is 2. The number of carbonyl (C=O) groups excluding carboxylic acids is 1. The van der Waals surface area contributed by atoms with Gasteiger partial charge in [0.05, 0.1) is 12.2 Å². The predicted molar refractivity (Wildman–Crippen MR) is 61.5 cm³/mol. The molecule has 94 valence electrons. The van der Waals surface area contributed by atoms with Gasteiger partial charge in [0.15, 0.2) is 16.5 Å². The van der Waals surface area contributed by atoms with Crippen LogP contribution in [0.4, 0.5) is 0 Å². The van der Waals surface area contributed by atoms with E-state index in [1.54, 1.807) is 13.0 Å². The number of hydrogen-bond donors (Lipinski definition) is 2. The van der Waals surface area contributed by atoms with Crippen molar-refractivity contribution in [1.29, 1.82) is 0 Å². The molecule has 0 atom stereocenters. The van der Waals surface area contributed by atoms with Crippen LogP contribution >= 0.6 is 11.3 Å². The van der Waals surface area contributed by atoms with Crippen molar-refractivity contribution < 1.29 is 19.2 Å². The molecule has 0 radical (unpaired) electrons. The summed E-state index contributed by atoms with van der Waals surface area (Å²) in [5.74, 6) is -1.08. The Morgan fingerprint density at radius 2 is 2.33 bits per heavy atom. The summed E-state index contributed by atoms with van der Waals surface area (Å²) in [5, 5.41) is 16.3. The lowest BCUT2D eigenvalue weighted by molar-refractivity contribution is 0.0691. The molecule has 0 aliphatic heterocycles. The molecular formula is C10H9N3O4S. The second-order valence-corrected chi connectivity index (χ2v) is 4.32. The normalized spacial score (nSPS) is 10.3. The Bertz CT molecular complexity index is 589. The topological polar surface area (TPSA) is 105 Å². The molecule has 2 aromatic rings. The highest BCUT2D eigenvalue weighted by molar-refractivity contribution is 7.11. The highest BCUT2D eigenvalue weighted by atomic mass is 32.1. The average molecular weight is 267 g/mol. The standard InChI is InChI=1S/C10H9N3O4S/c1-5-2-6(17-13-5)3-11-8(14)9-12-7(4-18-9)10(15)16/h2,4H,3H2,1H3,(H,11,14)(H,15,16). The molecule has 2 heterocycles. The lowest BCUT2D eigenvalue weighted by atomic mass is 10.4. The van der Waals surface area contributed by atoms with Gasteiger partial charge in [-0.2, -0.15) is 0 Å². The first-order valence-corrected chi connectivity index (χ1v) is 5.83. The number of nitrogens with zero attached hydrogens (tertiary/aromatic N) is 2. The molecule has 2 rings (SSSR count). The van der Waals surface area contributed by atoms with Crippen molar-refractivity contribution in [1.82, 2.24) is 15.5 Å². The van der Waals surface area contributed by atoms with Crippen LogP contribution in [0.2, 0.25) is 0 Å². The third kappa shape index (κ3) is 2.72. The lowest BCUT2D eigenvalue weighted by Crippen LogP contribution is -2.22. The Kier molecular flexibility index (Phi) is 3.38. The number of carboxylic acids is 1. The fraction of sp³-hybridized carbons (Fsp3) is 0.200. The summed E-state index contributed by atoms with van der Waals surface area (Å²) >= 11 is 0.976. The van der Waals surface area contributed by atoms with Crippen molar-refractivity contribution in [3.63, 3.8) is 0 Å². The van der Waals surface area contributed by atoms with E-state index in [0.29, 0.717) is 5.76 Å². The van der Waals surface area contributed by atoms with Crippen LogP contribution in [-0.4, -0.2) is 27.1 Å². The van der Waals surface area contributed by atoms with E-state index in [1.165, 1.54) is 5.38 Å². The monoisotopic (exact) mass is 267 g/mol. The van der Waals surface area contributed by atoms with Gasteiger partial charge in [0.1, 0.15) is 0 Å². The summed E-state index contributed by atoms with van der Waals surface area (Å²) in [6.45, 7) is 1.95. The molecule has 0 aromatic carbocycles. The first-order valence-electron chi connectivity index (χ1n) is 4.95. The fourth-order valence-electron chi connectivity index (χ4n) is 1.22. The number of aryl methyl sites for hydroxylation is 1. The number of carboxylic acid groups (broad SMARTS) is 1. The molecule has 0 saturated heterocycles. The fourth-order valence-corrected chi connectivity index (χ4v) is 1.93. The minimum Gasteiger partial charge on any atom is -0.476 e. The highest BCUT2D eigenvalue weighted by Gasteiger charge is 2.14. The second kappa shape index (κ2) is 4.96. The van der Waals surface area contributed by atoms with Gasteiger partial charge in [-0.25, -0.2) is 9.78 Å². The SMILES string of the molecule is Cc1cc(CNC(=O)c2nc(C(=O)O)cs2)on1. The van der Waals surface area contributed by atoms with E-state index in [9.17, 15) is 9.59 Å². The van der Waals surface area contributed by atoms with Crippen LogP contribution in [-0.2, 0) is 6.54 Å². The number of aromatic carboxylic acids is 1. The van der Waals surface area contributed by atoms with Crippen molar-refractivity contribution >= 4 is 23.2 Å². The molecule has 0 aliphatic rings. The van der Waals surface area contributed by atoms with Crippen LogP contribution in [0.5, 0.6) is 0 Å². The molecule has 18 heavy (non-hydrogen) atoms. The molecule has 0 fully saturated rings. The van der Waals surface area contributed by atoms with Crippen molar-refractivity contribution in [3.8, 4) is 0 Å². The molecule has 0 unspecified atom stereocenters. The van der Waals surface area contributed by atoms with Crippen molar-refractivity contribution in [3.05, 3.63) is 33.6 Å². The number of hydrogen-bond acceptors (Lipinski definition) is 6. The van der Waals surface area contributed by atoms with Crippen LogP contribution in [0.25, 0.3) is 0 Å². The molecule has 2 N–H and O–H groups in total. The number of nitrogens with one attached hydrogen (secondary N) is 1. The van der Waals surface area contributed by atoms with E-state index in [2.05, 4.69) is 15.5 Å². The summed E-state index contributed by atoms with van der Waals surface area (Å²) in [5.41, 5.74) is 0.585. The Balaban J connectivity index is 1.97. The zero-order valence-corrected chi connectivity index (χ0v) is 10.2. The minimum atomic E-state index is -1.16. The zero-order valence-electron chi connectivity index (χ0n) is 9.34. The molecule has 8 heteroatoms. The molecule has 0 bridgehead atoms. The molecule has 2 aromatic heterocycles. The Hall–Kier alpha value is -2.22. The second-order valence-electron chi connectivity index (χ2n) is 3.46. The van der Waals surface area contributed by atoms with E-state index in [0.717, 1.165) is 17.0 Å². The maximum atomic E-state index is 11.6. The minimum absolute atomic E-state index is 0.101. The lowest BCUT2D eigenvalue weighted by Gasteiger charge is -1.98. The summed E-state index contributed by atoms with van der Waals surface area (Å²) in [7, 11) is 0. The van der Waals surface area contributed by atoms with Gasteiger partial charge in [-0.05, 0) is 6.92 Å². The van der Waals surface area contributed by atoms with Crippen LogP contribution in [0, 0.1) is 6.92 Å². The van der Waals surface area contributed by atoms with Gasteiger partial charge < -0.3 is 14.9 Å². The molecule has 0 spiro atoms. The molecule has 1 amide bonds. The largest absolute Gasteiger partial charge is 0.476 e. The third-order valence-corrected chi connectivity index (χ3v) is 2.86. The zero-order chi connectivity index (χ0) is 13.1. The van der Waals surface area contributed by atoms with Gasteiger partial charge in [0.2, 0.25) is 0 Å². The van der Waals surface area contributed by atoms with Crippen LogP contribution in [0.1, 0.15) is 31.7 Å². The molecule has 0 saturated carbocycles. The number of aromatic nitrogens is 2. The maximum absolute atomic E-state index is 11.6. The first-order chi connectivity index (χ1) is 8.56. The average Bonchev–Trinajstić information content (AvgIpc) is 2.94. The highest BCUT2D eigenvalue weighted by Crippen LogP contribution is 2.10. The summed E-state index contributed by atoms with van der Waals surface area (Å²) in [6, 6.07) is 1.70. The number of rotatable bonds is 4. The molecule has 7 nitrogen and oxygen atoms in total. The third-order valence-electron chi connectivity index (χ3n) is 2.02. The van der Waals surface area contributed by atoms with Gasteiger partial charge >= 0.3 is 5.97 Å². The maximum Gasteiger partial charge on any atom is 0.355 e. The Morgan fingerprint density at radius 3 is 2.89 bits per heavy atom. The summed E-state index contributed by atoms with van der Waals surface area (Å²) in [4.78, 5) is 25.9. The summed E-state index contributed by atoms with van der Waals surface area (Å²) < 4.78 is 4.92. The molecule has 0 aliphatic carbocycles. The first kappa shape index (κ1) is 12.2. The molecular weight excluding hydrogens is 258 g/mol. The van der Waals surface area contributed by atoms with Gasteiger partial charge in [-0.1, -0.05) is 5.16 Å². The summed E-state index contributed by atoms with van der Waals surface area (Å²) in [6.07, 6.45) is 0. The van der Waals surface area contributed by atoms with E-state index in [1.807, 2.05) is 0 Å². The van der Waals surface area contributed by atoms with Crippen molar-refractivity contribution in [2.45, 2.75) is 13.5 Å². The quantitative estimate of drug-likeness (QED) is 0.858. The van der Waals surface area contributed by atoms with Crippen LogP contribution < -0.4 is 5.32 Å². The van der Waals surface area contributed by atoms with Gasteiger partial charge in [0, 0.05) is 11.4 Å².